The van der Waals surface area contributed by atoms with Crippen molar-refractivity contribution < 1.29 is 0 Å². The molecule has 0 aliphatic carbocycles. The second kappa shape index (κ2) is 5.17. The van der Waals surface area contributed by atoms with Gasteiger partial charge in [0.15, 0.2) is 0 Å². The Hall–Kier alpha value is -1.64. The lowest BCUT2D eigenvalue weighted by atomic mass is 10.2. The molecule has 0 spiro atoms. The van der Waals surface area contributed by atoms with Crippen LogP contribution < -0.4 is 0 Å². The molecule has 0 radical (unpaired) electrons. The summed E-state index contributed by atoms with van der Waals surface area (Å²) in [5.41, 5.74) is 1.76. The lowest BCUT2D eigenvalue weighted by Crippen LogP contribution is -2.09. The fourth-order valence-electron chi connectivity index (χ4n) is 1.06. The molecule has 1 aromatic heterocycles. The molecule has 0 unspecified atom stereocenters. The van der Waals surface area contributed by atoms with Crippen molar-refractivity contribution in [2.45, 2.75) is 6.92 Å². The monoisotopic (exact) mass is 189 g/mol. The van der Waals surface area contributed by atoms with Gasteiger partial charge in [-0.25, -0.2) is 0 Å². The zero-order valence-electron chi connectivity index (χ0n) is 8.81. The summed E-state index contributed by atoms with van der Waals surface area (Å²) in [5, 5.41) is 6.11. The van der Waals surface area contributed by atoms with E-state index < -0.39 is 0 Å². The normalized spacial score (nSPS) is 12.1. The fraction of sp³-hybridized carbons (Fsp3) is 0.273. The van der Waals surface area contributed by atoms with Crippen LogP contribution >= 0.6 is 0 Å². The van der Waals surface area contributed by atoms with Crippen LogP contribution in [0.4, 0.5) is 0 Å². The highest BCUT2D eigenvalue weighted by Gasteiger charge is 1.99. The van der Waals surface area contributed by atoms with Gasteiger partial charge in [-0.1, -0.05) is 12.1 Å². The van der Waals surface area contributed by atoms with E-state index in [-0.39, 0.29) is 0 Å². The molecular weight excluding hydrogens is 174 g/mol. The Morgan fingerprint density at radius 1 is 1.43 bits per heavy atom. The first kappa shape index (κ1) is 10.4. The van der Waals surface area contributed by atoms with E-state index in [2.05, 4.69) is 10.1 Å². The van der Waals surface area contributed by atoms with Gasteiger partial charge in [0.25, 0.3) is 0 Å². The molecule has 3 heteroatoms. The van der Waals surface area contributed by atoms with E-state index in [9.17, 15) is 0 Å². The van der Waals surface area contributed by atoms with Gasteiger partial charge in [0.2, 0.25) is 0 Å². The molecule has 1 heterocycles. The van der Waals surface area contributed by atoms with Crippen LogP contribution in [-0.2, 0) is 0 Å². The molecule has 1 aromatic rings. The number of hydrazone groups is 1. The highest BCUT2D eigenvalue weighted by Crippen LogP contribution is 1.99. The lowest BCUT2D eigenvalue weighted by molar-refractivity contribution is 0.438. The molecule has 14 heavy (non-hydrogen) atoms. The summed E-state index contributed by atoms with van der Waals surface area (Å²) in [5.74, 6) is 0. The van der Waals surface area contributed by atoms with Crippen molar-refractivity contribution >= 4 is 5.71 Å². The Labute approximate surface area is 84.8 Å². The number of rotatable bonds is 3. The summed E-state index contributed by atoms with van der Waals surface area (Å²) in [6.07, 6.45) is 5.67. The zero-order valence-corrected chi connectivity index (χ0v) is 8.81. The molecule has 0 amide bonds. The quantitative estimate of drug-likeness (QED) is 0.537. The van der Waals surface area contributed by atoms with Crippen LogP contribution in [0.3, 0.4) is 0 Å². The first-order chi connectivity index (χ1) is 6.74. The van der Waals surface area contributed by atoms with E-state index in [1.165, 1.54) is 0 Å². The molecule has 74 valence electrons. The van der Waals surface area contributed by atoms with Gasteiger partial charge in [-0.05, 0) is 25.1 Å². The fourth-order valence-corrected chi connectivity index (χ4v) is 1.06. The highest BCUT2D eigenvalue weighted by atomic mass is 15.4. The van der Waals surface area contributed by atoms with Crippen LogP contribution in [0.2, 0.25) is 0 Å². The van der Waals surface area contributed by atoms with E-state index >= 15 is 0 Å². The van der Waals surface area contributed by atoms with E-state index in [0.29, 0.717) is 0 Å². The second-order valence-electron chi connectivity index (χ2n) is 3.05. The molecule has 0 aliphatic heterocycles. The first-order valence-corrected chi connectivity index (χ1v) is 4.54. The van der Waals surface area contributed by atoms with E-state index in [0.717, 1.165) is 11.4 Å². The van der Waals surface area contributed by atoms with Gasteiger partial charge in [-0.15, -0.1) is 0 Å². The summed E-state index contributed by atoms with van der Waals surface area (Å²) in [7, 11) is 3.79. The molecule has 0 saturated carbocycles. The van der Waals surface area contributed by atoms with Gasteiger partial charge in [-0.3, -0.25) is 4.98 Å². The number of allylic oxidation sites excluding steroid dienone is 2. The van der Waals surface area contributed by atoms with Crippen molar-refractivity contribution in [2.24, 2.45) is 5.10 Å². The number of nitrogens with zero attached hydrogens (tertiary/aromatic N) is 3. The summed E-state index contributed by atoms with van der Waals surface area (Å²) in [6, 6.07) is 5.80. The Morgan fingerprint density at radius 2 is 2.21 bits per heavy atom. The molecule has 0 fully saturated rings. The van der Waals surface area contributed by atoms with Crippen LogP contribution in [0.15, 0.2) is 41.6 Å². The van der Waals surface area contributed by atoms with Gasteiger partial charge >= 0.3 is 0 Å². The molecule has 0 N–H and O–H groups in total. The smallest absolute Gasteiger partial charge is 0.108 e. The third-order valence-corrected chi connectivity index (χ3v) is 1.56. The lowest BCUT2D eigenvalue weighted by Gasteiger charge is -2.06. The van der Waals surface area contributed by atoms with Crippen LogP contribution in [-0.4, -0.2) is 29.8 Å². The van der Waals surface area contributed by atoms with Crippen molar-refractivity contribution in [1.82, 2.24) is 9.99 Å². The van der Waals surface area contributed by atoms with E-state index in [1.807, 2.05) is 51.4 Å². The van der Waals surface area contributed by atoms with Gasteiger partial charge in [0.05, 0.1) is 5.69 Å². The topological polar surface area (TPSA) is 28.5 Å². The molecule has 3 nitrogen and oxygen atoms in total. The number of hydrogen-bond acceptors (Lipinski definition) is 3. The second-order valence-corrected chi connectivity index (χ2v) is 3.05. The summed E-state index contributed by atoms with van der Waals surface area (Å²) < 4.78 is 0. The van der Waals surface area contributed by atoms with Gasteiger partial charge in [0.1, 0.15) is 5.71 Å². The van der Waals surface area contributed by atoms with Crippen molar-refractivity contribution in [3.05, 3.63) is 42.2 Å². The van der Waals surface area contributed by atoms with Crippen molar-refractivity contribution in [3.63, 3.8) is 0 Å². The van der Waals surface area contributed by atoms with Gasteiger partial charge < -0.3 is 5.01 Å². The van der Waals surface area contributed by atoms with Crippen LogP contribution in [0.5, 0.6) is 0 Å². The standard InChI is InChI=1S/C11H15N3/c1-4-7-11(13-14(2)3)10-8-5-6-9-12-10/h4-9H,1-3H3/b7-4-,13-11+. The Bertz CT molecular complexity index is 326. The van der Waals surface area contributed by atoms with Gasteiger partial charge in [-0.2, -0.15) is 5.10 Å². The number of aromatic nitrogens is 1. The summed E-state index contributed by atoms with van der Waals surface area (Å²) in [6.45, 7) is 1.97. The maximum absolute atomic E-state index is 4.34. The molecule has 0 saturated heterocycles. The average Bonchev–Trinajstić information content (AvgIpc) is 2.18. The molecule has 0 bridgehead atoms. The summed E-state index contributed by atoms with van der Waals surface area (Å²) >= 11 is 0. The molecular formula is C11H15N3. The van der Waals surface area contributed by atoms with E-state index in [4.69, 9.17) is 0 Å². The van der Waals surface area contributed by atoms with Crippen molar-refractivity contribution in [2.75, 3.05) is 14.1 Å². The summed E-state index contributed by atoms with van der Waals surface area (Å²) in [4.78, 5) is 4.24. The van der Waals surface area contributed by atoms with E-state index in [1.54, 1.807) is 11.2 Å². The SMILES string of the molecule is C/C=C\C(=N/N(C)C)c1ccccn1. The minimum atomic E-state index is 0.873. The largest absolute Gasteiger partial charge is 0.303 e. The predicted molar refractivity (Wildman–Crippen MR) is 59.3 cm³/mol. The highest BCUT2D eigenvalue weighted by molar-refractivity contribution is 6.07. The number of pyridine rings is 1. The van der Waals surface area contributed by atoms with Crippen LogP contribution in [0.1, 0.15) is 12.6 Å². The molecule has 1 rings (SSSR count). The maximum Gasteiger partial charge on any atom is 0.108 e. The third kappa shape index (κ3) is 3.01. The Balaban J connectivity index is 3.01. The van der Waals surface area contributed by atoms with Crippen molar-refractivity contribution in [3.8, 4) is 0 Å². The average molecular weight is 189 g/mol. The Kier molecular flexibility index (Phi) is 3.85. The molecule has 0 aromatic carbocycles. The van der Waals surface area contributed by atoms with Gasteiger partial charge in [0, 0.05) is 20.3 Å². The minimum Gasteiger partial charge on any atom is -0.303 e. The minimum absolute atomic E-state index is 0.873. The van der Waals surface area contributed by atoms with Crippen LogP contribution in [0.25, 0.3) is 0 Å². The maximum atomic E-state index is 4.34. The first-order valence-electron chi connectivity index (χ1n) is 4.54. The third-order valence-electron chi connectivity index (χ3n) is 1.56. The molecule has 0 atom stereocenters. The van der Waals surface area contributed by atoms with Crippen LogP contribution in [0, 0.1) is 0 Å². The zero-order chi connectivity index (χ0) is 10.4. The number of hydrogen-bond donors (Lipinski definition) is 0. The molecule has 0 aliphatic rings. The Morgan fingerprint density at radius 3 is 2.71 bits per heavy atom. The van der Waals surface area contributed by atoms with Crippen molar-refractivity contribution in [1.29, 1.82) is 0 Å². The predicted octanol–water partition coefficient (Wildman–Crippen LogP) is 1.92.